The molecular formula is C14H21ClN4O. The van der Waals surface area contributed by atoms with Crippen molar-refractivity contribution >= 4 is 23.3 Å². The van der Waals surface area contributed by atoms with Crippen molar-refractivity contribution in [2.45, 2.75) is 19.4 Å². The lowest BCUT2D eigenvalue weighted by Crippen LogP contribution is -2.34. The molecule has 0 spiro atoms. The maximum absolute atomic E-state index is 12.6. The molecule has 1 aromatic heterocycles. The van der Waals surface area contributed by atoms with Crippen LogP contribution in [-0.2, 0) is 0 Å². The van der Waals surface area contributed by atoms with Crippen LogP contribution in [0.1, 0.15) is 23.7 Å². The molecule has 1 aliphatic rings. The summed E-state index contributed by atoms with van der Waals surface area (Å²) in [7, 11) is 4.09. The van der Waals surface area contributed by atoms with E-state index in [0.717, 1.165) is 26.1 Å². The van der Waals surface area contributed by atoms with Gasteiger partial charge in [-0.2, -0.15) is 0 Å². The first kappa shape index (κ1) is 15.1. The molecule has 1 saturated heterocycles. The van der Waals surface area contributed by atoms with E-state index in [1.165, 1.54) is 6.20 Å². The van der Waals surface area contributed by atoms with Gasteiger partial charge in [-0.05, 0) is 33.5 Å². The van der Waals surface area contributed by atoms with Crippen LogP contribution in [0.15, 0.2) is 12.3 Å². The van der Waals surface area contributed by atoms with Gasteiger partial charge in [-0.3, -0.25) is 4.79 Å². The molecule has 1 atom stereocenters. The van der Waals surface area contributed by atoms with Crippen molar-refractivity contribution in [3.63, 3.8) is 0 Å². The average Bonchev–Trinajstić information content (AvgIpc) is 2.90. The highest BCUT2D eigenvalue weighted by Crippen LogP contribution is 2.23. The van der Waals surface area contributed by atoms with E-state index in [1.807, 2.05) is 25.9 Å². The highest BCUT2D eigenvalue weighted by molar-refractivity contribution is 6.33. The van der Waals surface area contributed by atoms with Gasteiger partial charge in [0.05, 0.1) is 10.6 Å². The molecule has 0 radical (unpaired) electrons. The van der Waals surface area contributed by atoms with Gasteiger partial charge in [0.25, 0.3) is 5.91 Å². The molecule has 0 aliphatic carbocycles. The Morgan fingerprint density at radius 3 is 2.95 bits per heavy atom. The maximum Gasteiger partial charge on any atom is 0.255 e. The van der Waals surface area contributed by atoms with Gasteiger partial charge >= 0.3 is 0 Å². The van der Waals surface area contributed by atoms with Crippen LogP contribution in [0, 0.1) is 0 Å². The average molecular weight is 297 g/mol. The van der Waals surface area contributed by atoms with Crippen LogP contribution in [0.25, 0.3) is 0 Å². The smallest absolute Gasteiger partial charge is 0.255 e. The Morgan fingerprint density at radius 2 is 2.35 bits per heavy atom. The molecule has 2 heterocycles. The zero-order chi connectivity index (χ0) is 14.7. The Kier molecular flexibility index (Phi) is 4.83. The van der Waals surface area contributed by atoms with E-state index >= 15 is 0 Å². The second-order valence-corrected chi connectivity index (χ2v) is 5.64. The normalized spacial score (nSPS) is 18.6. The molecule has 2 rings (SSSR count). The number of rotatable bonds is 4. The molecule has 0 bridgehead atoms. The monoisotopic (exact) mass is 296 g/mol. The summed E-state index contributed by atoms with van der Waals surface area (Å²) in [6.07, 6.45) is 2.54. The van der Waals surface area contributed by atoms with Gasteiger partial charge in [-0.15, -0.1) is 0 Å². The maximum atomic E-state index is 12.6. The third-order valence-electron chi connectivity index (χ3n) is 3.62. The topological polar surface area (TPSA) is 48.5 Å². The Balaban J connectivity index is 2.15. The number of hydrogen-bond acceptors (Lipinski definition) is 4. The molecule has 0 saturated carbocycles. The summed E-state index contributed by atoms with van der Waals surface area (Å²) in [5.41, 5.74) is 0.525. The van der Waals surface area contributed by atoms with Crippen molar-refractivity contribution in [1.29, 1.82) is 0 Å². The summed E-state index contributed by atoms with van der Waals surface area (Å²) in [4.78, 5) is 20.7. The summed E-state index contributed by atoms with van der Waals surface area (Å²) in [6, 6.07) is 2.16. The first-order valence-electron chi connectivity index (χ1n) is 6.88. The number of nitrogens with zero attached hydrogens (tertiary/aromatic N) is 3. The van der Waals surface area contributed by atoms with Crippen molar-refractivity contribution in [1.82, 2.24) is 14.8 Å². The van der Waals surface area contributed by atoms with Crippen LogP contribution in [0.3, 0.4) is 0 Å². The van der Waals surface area contributed by atoms with Crippen LogP contribution >= 0.6 is 11.6 Å². The van der Waals surface area contributed by atoms with Gasteiger partial charge in [-0.25, -0.2) is 4.98 Å². The van der Waals surface area contributed by atoms with Crippen molar-refractivity contribution < 1.29 is 4.79 Å². The predicted octanol–water partition coefficient (Wildman–Crippen LogP) is 1.94. The number of carbonyl (C=O) groups is 1. The van der Waals surface area contributed by atoms with E-state index in [-0.39, 0.29) is 5.91 Å². The van der Waals surface area contributed by atoms with Crippen molar-refractivity contribution in [2.75, 3.05) is 39.0 Å². The quantitative estimate of drug-likeness (QED) is 0.922. The Morgan fingerprint density at radius 1 is 1.60 bits per heavy atom. The molecule has 1 N–H and O–H groups in total. The lowest BCUT2D eigenvalue weighted by Gasteiger charge is -2.21. The number of nitrogens with one attached hydrogen (secondary N) is 1. The summed E-state index contributed by atoms with van der Waals surface area (Å²) in [6.45, 7) is 4.27. The fourth-order valence-electron chi connectivity index (χ4n) is 2.40. The number of amides is 1. The first-order chi connectivity index (χ1) is 9.52. The molecule has 1 aromatic rings. The Labute approximate surface area is 124 Å². The number of carbonyl (C=O) groups excluding carboxylic acids is 1. The second kappa shape index (κ2) is 6.41. The number of hydrogen-bond donors (Lipinski definition) is 1. The number of likely N-dealkylation sites (N-methyl/N-ethyl adjacent to an activating group) is 1. The Bertz CT molecular complexity index is 492. The van der Waals surface area contributed by atoms with Gasteiger partial charge in [0.15, 0.2) is 0 Å². The summed E-state index contributed by atoms with van der Waals surface area (Å²) >= 11 is 6.12. The zero-order valence-corrected chi connectivity index (χ0v) is 12.9. The van der Waals surface area contributed by atoms with Gasteiger partial charge in [0, 0.05) is 31.9 Å². The molecule has 6 heteroatoms. The van der Waals surface area contributed by atoms with Gasteiger partial charge in [-0.1, -0.05) is 11.6 Å². The fourth-order valence-corrected chi connectivity index (χ4v) is 2.58. The van der Waals surface area contributed by atoms with E-state index in [4.69, 9.17) is 11.6 Å². The molecular weight excluding hydrogens is 276 g/mol. The second-order valence-electron chi connectivity index (χ2n) is 5.24. The number of pyridine rings is 1. The standard InChI is InChI=1S/C14H21ClN4O/c1-4-16-13-7-11(12(15)8-17-13)14(20)19-6-5-10(9-19)18(2)3/h7-8,10H,4-6,9H2,1-3H3,(H,16,17). The number of likely N-dealkylation sites (tertiary alicyclic amines) is 1. The van der Waals surface area contributed by atoms with Crippen molar-refractivity contribution in [2.24, 2.45) is 0 Å². The van der Waals surface area contributed by atoms with Crippen LogP contribution in [-0.4, -0.2) is 60.5 Å². The number of aromatic nitrogens is 1. The lowest BCUT2D eigenvalue weighted by atomic mass is 10.2. The molecule has 1 fully saturated rings. The van der Waals surface area contributed by atoms with E-state index < -0.39 is 0 Å². The number of halogens is 1. The van der Waals surface area contributed by atoms with Crippen LogP contribution in [0.4, 0.5) is 5.82 Å². The van der Waals surface area contributed by atoms with Gasteiger partial charge in [0.2, 0.25) is 0 Å². The van der Waals surface area contributed by atoms with E-state index in [0.29, 0.717) is 22.4 Å². The third-order valence-corrected chi connectivity index (χ3v) is 3.93. The first-order valence-corrected chi connectivity index (χ1v) is 7.25. The van der Waals surface area contributed by atoms with Crippen LogP contribution in [0.2, 0.25) is 5.02 Å². The van der Waals surface area contributed by atoms with Gasteiger partial charge < -0.3 is 15.1 Å². The highest BCUT2D eigenvalue weighted by atomic mass is 35.5. The SMILES string of the molecule is CCNc1cc(C(=O)N2CCC(N(C)C)C2)c(Cl)cn1. The molecule has 110 valence electrons. The largest absolute Gasteiger partial charge is 0.370 e. The molecule has 1 unspecified atom stereocenters. The van der Waals surface area contributed by atoms with E-state index in [1.54, 1.807) is 6.07 Å². The molecule has 5 nitrogen and oxygen atoms in total. The van der Waals surface area contributed by atoms with E-state index in [9.17, 15) is 4.79 Å². The zero-order valence-electron chi connectivity index (χ0n) is 12.2. The molecule has 20 heavy (non-hydrogen) atoms. The third kappa shape index (κ3) is 3.22. The van der Waals surface area contributed by atoms with E-state index in [2.05, 4.69) is 15.2 Å². The highest BCUT2D eigenvalue weighted by Gasteiger charge is 2.29. The fraction of sp³-hybridized carbons (Fsp3) is 0.571. The van der Waals surface area contributed by atoms with Gasteiger partial charge in [0.1, 0.15) is 5.82 Å². The van der Waals surface area contributed by atoms with Crippen LogP contribution < -0.4 is 5.32 Å². The summed E-state index contributed by atoms with van der Waals surface area (Å²) in [5.74, 6) is 0.671. The van der Waals surface area contributed by atoms with Crippen molar-refractivity contribution in [3.05, 3.63) is 22.8 Å². The lowest BCUT2D eigenvalue weighted by molar-refractivity contribution is 0.0783. The minimum atomic E-state index is -0.0131. The number of anilines is 1. The Hall–Kier alpha value is -1.33. The molecule has 1 aliphatic heterocycles. The minimum absolute atomic E-state index is 0.0131. The van der Waals surface area contributed by atoms with Crippen molar-refractivity contribution in [3.8, 4) is 0 Å². The van der Waals surface area contributed by atoms with Crippen LogP contribution in [0.5, 0.6) is 0 Å². The molecule has 1 amide bonds. The summed E-state index contributed by atoms with van der Waals surface area (Å²) < 4.78 is 0. The molecule has 0 aromatic carbocycles. The summed E-state index contributed by atoms with van der Waals surface area (Å²) in [5, 5.41) is 3.51. The minimum Gasteiger partial charge on any atom is -0.370 e. The predicted molar refractivity (Wildman–Crippen MR) is 81.4 cm³/mol.